The van der Waals surface area contributed by atoms with Gasteiger partial charge in [0.25, 0.3) is 0 Å². The van der Waals surface area contributed by atoms with Crippen molar-refractivity contribution in [1.29, 1.82) is 0 Å². The summed E-state index contributed by atoms with van der Waals surface area (Å²) in [6.07, 6.45) is 6.22. The number of benzene rings is 2. The lowest BCUT2D eigenvalue weighted by Gasteiger charge is -2.25. The van der Waals surface area contributed by atoms with Gasteiger partial charge in [-0.15, -0.1) is 0 Å². The molecule has 3 aromatic rings. The second-order valence-corrected chi connectivity index (χ2v) is 12.1. The Bertz CT molecular complexity index is 1190. The van der Waals surface area contributed by atoms with Crippen molar-refractivity contribution in [2.45, 2.75) is 78.1 Å². The fraction of sp³-hybridized carbons (Fsp3) is 0.441. The number of carbonyl (C=O) groups is 2. The average Bonchev–Trinajstić information content (AvgIpc) is 2.92. The van der Waals surface area contributed by atoms with Gasteiger partial charge in [-0.2, -0.15) is 0 Å². The van der Waals surface area contributed by atoms with E-state index in [9.17, 15) is 9.59 Å². The number of hydrogen-bond donors (Lipinski definition) is 0. The van der Waals surface area contributed by atoms with Crippen LogP contribution >= 0.6 is 0 Å². The standard InChI is InChI=1S/C34H43NO4/c1-33(2,3)29-15-13-27(14-16-29)31-18-17-30(23-35-31)39-24-34(4,5)20-7-8-25-9-11-26(12-10-25)28(19-21-36)22-32(37)38-6/h9-18,21,23,28H,7-8,19-20,22,24H2,1-6H3. The van der Waals surface area contributed by atoms with Gasteiger partial charge in [0.1, 0.15) is 12.0 Å². The zero-order chi connectivity index (χ0) is 28.5. The van der Waals surface area contributed by atoms with Crippen LogP contribution in [-0.2, 0) is 26.2 Å². The summed E-state index contributed by atoms with van der Waals surface area (Å²) < 4.78 is 10.9. The molecular weight excluding hydrogens is 486 g/mol. The zero-order valence-corrected chi connectivity index (χ0v) is 24.3. The zero-order valence-electron chi connectivity index (χ0n) is 24.3. The van der Waals surface area contributed by atoms with Crippen LogP contribution in [0.1, 0.15) is 82.9 Å². The number of ether oxygens (including phenoxy) is 2. The van der Waals surface area contributed by atoms with Crippen molar-refractivity contribution in [2.75, 3.05) is 13.7 Å². The number of esters is 1. The van der Waals surface area contributed by atoms with E-state index >= 15 is 0 Å². The van der Waals surface area contributed by atoms with Crippen LogP contribution < -0.4 is 4.74 Å². The largest absolute Gasteiger partial charge is 0.491 e. The summed E-state index contributed by atoms with van der Waals surface area (Å²) in [6.45, 7) is 11.7. The topological polar surface area (TPSA) is 65.5 Å². The maximum Gasteiger partial charge on any atom is 0.306 e. The molecule has 5 heteroatoms. The highest BCUT2D eigenvalue weighted by atomic mass is 16.5. The first-order valence-corrected chi connectivity index (χ1v) is 13.8. The van der Waals surface area contributed by atoms with Crippen molar-refractivity contribution in [3.05, 3.63) is 83.6 Å². The van der Waals surface area contributed by atoms with Crippen molar-refractivity contribution in [3.8, 4) is 17.0 Å². The van der Waals surface area contributed by atoms with Crippen LogP contribution in [0, 0.1) is 5.41 Å². The highest BCUT2D eigenvalue weighted by Gasteiger charge is 2.20. The van der Waals surface area contributed by atoms with E-state index in [0.717, 1.165) is 48.1 Å². The maximum atomic E-state index is 11.7. The van der Waals surface area contributed by atoms with Gasteiger partial charge in [0.05, 0.1) is 32.0 Å². The molecule has 0 saturated carbocycles. The van der Waals surface area contributed by atoms with Gasteiger partial charge in [-0.25, -0.2) is 0 Å². The second kappa shape index (κ2) is 13.5. The van der Waals surface area contributed by atoms with Crippen LogP contribution in [0.15, 0.2) is 66.9 Å². The molecule has 5 nitrogen and oxygen atoms in total. The van der Waals surface area contributed by atoms with Gasteiger partial charge in [0.15, 0.2) is 0 Å². The summed E-state index contributed by atoms with van der Waals surface area (Å²) in [6, 6.07) is 20.9. The molecule has 0 aliphatic carbocycles. The lowest BCUT2D eigenvalue weighted by molar-refractivity contribution is -0.141. The minimum Gasteiger partial charge on any atom is -0.491 e. The van der Waals surface area contributed by atoms with E-state index in [0.29, 0.717) is 13.0 Å². The average molecular weight is 530 g/mol. The SMILES string of the molecule is COC(=O)CC(CC=O)c1ccc(CCCC(C)(C)COc2ccc(-c3ccc(C(C)(C)C)cc3)nc2)cc1. The Hall–Kier alpha value is -3.47. The van der Waals surface area contributed by atoms with Crippen LogP contribution in [0.25, 0.3) is 11.3 Å². The predicted molar refractivity (Wildman–Crippen MR) is 157 cm³/mol. The number of methoxy groups -OCH3 is 1. The molecule has 0 amide bonds. The van der Waals surface area contributed by atoms with Crippen molar-refractivity contribution >= 4 is 12.3 Å². The van der Waals surface area contributed by atoms with Crippen molar-refractivity contribution < 1.29 is 19.1 Å². The summed E-state index contributed by atoms with van der Waals surface area (Å²) in [7, 11) is 1.37. The first-order valence-electron chi connectivity index (χ1n) is 13.8. The minimum absolute atomic E-state index is 0.0248. The number of nitrogens with zero attached hydrogens (tertiary/aromatic N) is 1. The Balaban J connectivity index is 1.47. The van der Waals surface area contributed by atoms with Gasteiger partial charge in [0, 0.05) is 17.9 Å². The highest BCUT2D eigenvalue weighted by Crippen LogP contribution is 2.29. The molecule has 0 fully saturated rings. The summed E-state index contributed by atoms with van der Waals surface area (Å²) >= 11 is 0. The molecule has 0 spiro atoms. The molecule has 208 valence electrons. The van der Waals surface area contributed by atoms with Gasteiger partial charge in [0.2, 0.25) is 0 Å². The lowest BCUT2D eigenvalue weighted by atomic mass is 9.86. The molecule has 0 saturated heterocycles. The number of aryl methyl sites for hydroxylation is 1. The van der Waals surface area contributed by atoms with Crippen LogP contribution in [0.3, 0.4) is 0 Å². The predicted octanol–water partition coefficient (Wildman–Crippen LogP) is 7.71. The van der Waals surface area contributed by atoms with Gasteiger partial charge in [-0.1, -0.05) is 83.1 Å². The van der Waals surface area contributed by atoms with Crippen LogP contribution in [0.5, 0.6) is 5.75 Å². The first-order chi connectivity index (χ1) is 18.5. The van der Waals surface area contributed by atoms with Crippen molar-refractivity contribution in [3.63, 3.8) is 0 Å². The molecule has 0 aliphatic rings. The number of rotatable bonds is 13. The fourth-order valence-electron chi connectivity index (χ4n) is 4.59. The molecule has 2 aromatic carbocycles. The van der Waals surface area contributed by atoms with Crippen LogP contribution in [0.4, 0.5) is 0 Å². The smallest absolute Gasteiger partial charge is 0.306 e. The van der Waals surface area contributed by atoms with E-state index in [1.165, 1.54) is 18.2 Å². The molecule has 3 rings (SSSR count). The molecule has 0 radical (unpaired) electrons. The van der Waals surface area contributed by atoms with E-state index in [1.54, 1.807) is 0 Å². The molecule has 1 heterocycles. The normalized spacial score (nSPS) is 12.6. The summed E-state index contributed by atoms with van der Waals surface area (Å²) in [5.74, 6) is 0.344. The monoisotopic (exact) mass is 529 g/mol. The van der Waals surface area contributed by atoms with E-state index in [1.807, 2.05) is 30.5 Å². The third kappa shape index (κ3) is 9.35. The molecule has 0 aliphatic heterocycles. The Morgan fingerprint density at radius 1 is 0.949 bits per heavy atom. The highest BCUT2D eigenvalue weighted by molar-refractivity contribution is 5.71. The first kappa shape index (κ1) is 30.1. The third-order valence-corrected chi connectivity index (χ3v) is 7.20. The van der Waals surface area contributed by atoms with Gasteiger partial charge >= 0.3 is 5.97 Å². The van der Waals surface area contributed by atoms with Gasteiger partial charge < -0.3 is 14.3 Å². The Kier molecular flexibility index (Phi) is 10.4. The van der Waals surface area contributed by atoms with E-state index in [2.05, 4.69) is 76.0 Å². The number of carbonyl (C=O) groups excluding carboxylic acids is 2. The molecule has 1 unspecified atom stereocenters. The number of aromatic nitrogens is 1. The molecule has 1 atom stereocenters. The Morgan fingerprint density at radius 3 is 2.21 bits per heavy atom. The fourth-order valence-corrected chi connectivity index (χ4v) is 4.59. The van der Waals surface area contributed by atoms with Gasteiger partial charge in [-0.05, 0) is 58.9 Å². The number of pyridine rings is 1. The molecule has 0 N–H and O–H groups in total. The third-order valence-electron chi connectivity index (χ3n) is 7.20. The van der Waals surface area contributed by atoms with Crippen LogP contribution in [-0.4, -0.2) is 31.0 Å². The minimum atomic E-state index is -0.298. The van der Waals surface area contributed by atoms with Crippen molar-refractivity contribution in [2.24, 2.45) is 5.41 Å². The summed E-state index contributed by atoms with van der Waals surface area (Å²) in [5, 5.41) is 0. The Labute approximate surface area is 234 Å². The lowest BCUT2D eigenvalue weighted by Crippen LogP contribution is -2.21. The van der Waals surface area contributed by atoms with E-state index < -0.39 is 0 Å². The Morgan fingerprint density at radius 2 is 1.64 bits per heavy atom. The quantitative estimate of drug-likeness (QED) is 0.168. The second-order valence-electron chi connectivity index (χ2n) is 12.1. The summed E-state index contributed by atoms with van der Waals surface area (Å²) in [5.41, 5.74) is 5.75. The molecule has 1 aromatic heterocycles. The number of aldehydes is 1. The maximum absolute atomic E-state index is 11.7. The van der Waals surface area contributed by atoms with Crippen LogP contribution in [0.2, 0.25) is 0 Å². The molecular formula is C34H43NO4. The van der Waals surface area contributed by atoms with E-state index in [4.69, 9.17) is 9.47 Å². The summed E-state index contributed by atoms with van der Waals surface area (Å²) in [4.78, 5) is 27.4. The van der Waals surface area contributed by atoms with Gasteiger partial charge in [-0.3, -0.25) is 9.78 Å². The molecule has 39 heavy (non-hydrogen) atoms. The van der Waals surface area contributed by atoms with E-state index in [-0.39, 0.29) is 29.1 Å². The molecule has 0 bridgehead atoms. The number of hydrogen-bond acceptors (Lipinski definition) is 5. The van der Waals surface area contributed by atoms with Crippen molar-refractivity contribution in [1.82, 2.24) is 4.98 Å².